The molecule has 0 radical (unpaired) electrons. The van der Waals surface area contributed by atoms with E-state index in [0.29, 0.717) is 5.69 Å². The van der Waals surface area contributed by atoms with Crippen LogP contribution in [0.4, 0.5) is 10.5 Å². The molecule has 0 aliphatic heterocycles. The maximum absolute atomic E-state index is 10.7. The van der Waals surface area contributed by atoms with E-state index < -0.39 is 6.03 Å². The highest BCUT2D eigenvalue weighted by Gasteiger charge is 2.30. The van der Waals surface area contributed by atoms with E-state index in [-0.39, 0.29) is 5.54 Å². The predicted molar refractivity (Wildman–Crippen MR) is 64.0 cm³/mol. The molecule has 2 amide bonds. The van der Waals surface area contributed by atoms with Crippen LogP contribution in [0.5, 0.6) is 0 Å². The Kier molecular flexibility index (Phi) is 2.83. The van der Waals surface area contributed by atoms with Gasteiger partial charge in [0.1, 0.15) is 0 Å². The molecule has 0 atom stereocenters. The largest absolute Gasteiger partial charge is 0.351 e. The number of amides is 2. The number of nitrogens with one attached hydrogen (secondary N) is 1. The lowest BCUT2D eigenvalue weighted by atomic mass is 9.89. The number of hydrogen-bond acceptors (Lipinski definition) is 2. The second-order valence-electron chi connectivity index (χ2n) is 4.43. The Balaban J connectivity index is 2.15. The molecule has 1 aliphatic carbocycles. The molecule has 0 aromatic heterocycles. The molecule has 0 heterocycles. The van der Waals surface area contributed by atoms with Crippen molar-refractivity contribution in [1.29, 1.82) is 0 Å². The number of rotatable bonds is 2. The highest BCUT2D eigenvalue weighted by molar-refractivity contribution is 5.87. The number of primary amides is 1. The van der Waals surface area contributed by atoms with Crippen LogP contribution in [0.3, 0.4) is 0 Å². The van der Waals surface area contributed by atoms with Crippen LogP contribution in [0.2, 0.25) is 0 Å². The summed E-state index contributed by atoms with van der Waals surface area (Å²) in [6.45, 7) is 0. The van der Waals surface area contributed by atoms with Gasteiger partial charge in [-0.25, -0.2) is 4.79 Å². The first kappa shape index (κ1) is 11.0. The van der Waals surface area contributed by atoms with Crippen LogP contribution >= 0.6 is 0 Å². The van der Waals surface area contributed by atoms with Crippen molar-refractivity contribution in [1.82, 2.24) is 0 Å². The normalized spacial score (nSPS) is 18.3. The van der Waals surface area contributed by atoms with E-state index in [4.69, 9.17) is 11.5 Å². The maximum atomic E-state index is 10.7. The maximum Gasteiger partial charge on any atom is 0.316 e. The number of anilines is 1. The molecule has 1 aromatic carbocycles. The van der Waals surface area contributed by atoms with E-state index in [2.05, 4.69) is 5.32 Å². The fraction of sp³-hybridized carbons (Fsp3) is 0.417. The molecule has 4 heteroatoms. The summed E-state index contributed by atoms with van der Waals surface area (Å²) >= 11 is 0. The van der Waals surface area contributed by atoms with Crippen molar-refractivity contribution >= 4 is 11.7 Å². The first-order chi connectivity index (χ1) is 7.60. The highest BCUT2D eigenvalue weighted by atomic mass is 16.2. The summed E-state index contributed by atoms with van der Waals surface area (Å²) in [5, 5.41) is 2.53. The van der Waals surface area contributed by atoms with Gasteiger partial charge in [-0.05, 0) is 30.5 Å². The van der Waals surface area contributed by atoms with Gasteiger partial charge in [0.15, 0.2) is 0 Å². The fourth-order valence-corrected chi connectivity index (χ4v) is 2.32. The van der Waals surface area contributed by atoms with Crippen LogP contribution in [-0.4, -0.2) is 6.03 Å². The Labute approximate surface area is 95.0 Å². The minimum Gasteiger partial charge on any atom is -0.351 e. The van der Waals surface area contributed by atoms with Crippen LogP contribution < -0.4 is 16.8 Å². The molecular formula is C12H17N3O. The third-order valence-corrected chi connectivity index (χ3v) is 3.22. The molecule has 16 heavy (non-hydrogen) atoms. The number of benzene rings is 1. The van der Waals surface area contributed by atoms with Crippen LogP contribution in [0.15, 0.2) is 24.3 Å². The number of urea groups is 1. The van der Waals surface area contributed by atoms with Gasteiger partial charge in [0, 0.05) is 11.2 Å². The standard InChI is InChI=1S/C12H17N3O/c13-11(16)15-10-5-3-9(4-6-10)12(14)7-1-2-8-12/h3-6H,1-2,7-8,14H2,(H3,13,15,16). The van der Waals surface area contributed by atoms with Gasteiger partial charge < -0.3 is 16.8 Å². The van der Waals surface area contributed by atoms with E-state index >= 15 is 0 Å². The second kappa shape index (κ2) is 4.14. The number of nitrogens with two attached hydrogens (primary N) is 2. The summed E-state index contributed by atoms with van der Waals surface area (Å²) in [6.07, 6.45) is 4.46. The first-order valence-electron chi connectivity index (χ1n) is 5.56. The van der Waals surface area contributed by atoms with Crippen molar-refractivity contribution in [2.45, 2.75) is 31.2 Å². The van der Waals surface area contributed by atoms with E-state index in [1.807, 2.05) is 24.3 Å². The molecule has 86 valence electrons. The molecular weight excluding hydrogens is 202 g/mol. The summed E-state index contributed by atoms with van der Waals surface area (Å²) in [6, 6.07) is 7.07. The van der Waals surface area contributed by atoms with Crippen molar-refractivity contribution in [3.05, 3.63) is 29.8 Å². The molecule has 1 aromatic rings. The zero-order chi connectivity index (χ0) is 11.6. The van der Waals surface area contributed by atoms with Gasteiger partial charge in [0.2, 0.25) is 0 Å². The molecule has 4 nitrogen and oxygen atoms in total. The number of hydrogen-bond donors (Lipinski definition) is 3. The zero-order valence-electron chi connectivity index (χ0n) is 9.20. The Bertz CT molecular complexity index is 380. The van der Waals surface area contributed by atoms with Gasteiger partial charge in [0.25, 0.3) is 0 Å². The van der Waals surface area contributed by atoms with Crippen molar-refractivity contribution < 1.29 is 4.79 Å². The minimum absolute atomic E-state index is 0.175. The van der Waals surface area contributed by atoms with Gasteiger partial charge >= 0.3 is 6.03 Å². The Morgan fingerprint density at radius 1 is 1.19 bits per heavy atom. The summed E-state index contributed by atoms with van der Waals surface area (Å²) in [5.41, 5.74) is 13.0. The molecule has 0 spiro atoms. The van der Waals surface area contributed by atoms with Crippen LogP contribution in [0, 0.1) is 0 Å². The summed E-state index contributed by atoms with van der Waals surface area (Å²) < 4.78 is 0. The molecule has 1 aliphatic rings. The second-order valence-corrected chi connectivity index (χ2v) is 4.43. The Hall–Kier alpha value is -1.55. The lowest BCUT2D eigenvalue weighted by Crippen LogP contribution is -2.32. The van der Waals surface area contributed by atoms with Crippen molar-refractivity contribution in [3.8, 4) is 0 Å². The predicted octanol–water partition coefficient (Wildman–Crippen LogP) is 1.91. The monoisotopic (exact) mass is 219 g/mol. The number of carbonyl (C=O) groups is 1. The lowest BCUT2D eigenvalue weighted by molar-refractivity contribution is 0.259. The topological polar surface area (TPSA) is 81.1 Å². The third-order valence-electron chi connectivity index (χ3n) is 3.22. The Morgan fingerprint density at radius 3 is 2.25 bits per heavy atom. The molecule has 0 saturated heterocycles. The van der Waals surface area contributed by atoms with Crippen molar-refractivity contribution in [2.24, 2.45) is 11.5 Å². The third kappa shape index (κ3) is 2.17. The van der Waals surface area contributed by atoms with Crippen LogP contribution in [0.1, 0.15) is 31.2 Å². The zero-order valence-corrected chi connectivity index (χ0v) is 9.20. The molecule has 0 bridgehead atoms. The molecule has 0 unspecified atom stereocenters. The highest BCUT2D eigenvalue weighted by Crippen LogP contribution is 2.36. The SMILES string of the molecule is NC(=O)Nc1ccc(C2(N)CCCC2)cc1. The van der Waals surface area contributed by atoms with Gasteiger partial charge in [-0.1, -0.05) is 25.0 Å². The van der Waals surface area contributed by atoms with Crippen LogP contribution in [0.25, 0.3) is 0 Å². The van der Waals surface area contributed by atoms with Gasteiger partial charge in [-0.3, -0.25) is 0 Å². The van der Waals surface area contributed by atoms with Crippen molar-refractivity contribution in [3.63, 3.8) is 0 Å². The molecule has 1 saturated carbocycles. The molecule has 2 rings (SSSR count). The fourth-order valence-electron chi connectivity index (χ4n) is 2.32. The van der Waals surface area contributed by atoms with E-state index in [9.17, 15) is 4.79 Å². The summed E-state index contributed by atoms with van der Waals surface area (Å²) in [5.74, 6) is 0. The van der Waals surface area contributed by atoms with Crippen LogP contribution in [-0.2, 0) is 5.54 Å². The van der Waals surface area contributed by atoms with Gasteiger partial charge in [0.05, 0.1) is 0 Å². The summed E-state index contributed by atoms with van der Waals surface area (Å²) in [4.78, 5) is 10.7. The molecule has 1 fully saturated rings. The summed E-state index contributed by atoms with van der Waals surface area (Å²) in [7, 11) is 0. The minimum atomic E-state index is -0.545. The Morgan fingerprint density at radius 2 is 1.75 bits per heavy atom. The number of carbonyl (C=O) groups excluding carboxylic acids is 1. The quantitative estimate of drug-likeness (QED) is 0.710. The molecule has 5 N–H and O–H groups in total. The first-order valence-corrected chi connectivity index (χ1v) is 5.56. The van der Waals surface area contributed by atoms with E-state index in [1.54, 1.807) is 0 Å². The van der Waals surface area contributed by atoms with Gasteiger partial charge in [-0.2, -0.15) is 0 Å². The lowest BCUT2D eigenvalue weighted by Gasteiger charge is -2.24. The average Bonchev–Trinajstić information content (AvgIpc) is 2.66. The van der Waals surface area contributed by atoms with Gasteiger partial charge in [-0.15, -0.1) is 0 Å². The smallest absolute Gasteiger partial charge is 0.316 e. The van der Waals surface area contributed by atoms with E-state index in [1.165, 1.54) is 12.8 Å². The van der Waals surface area contributed by atoms with Crippen molar-refractivity contribution in [2.75, 3.05) is 5.32 Å². The average molecular weight is 219 g/mol. The van der Waals surface area contributed by atoms with E-state index in [0.717, 1.165) is 18.4 Å².